The van der Waals surface area contributed by atoms with Gasteiger partial charge < -0.3 is 14.6 Å². The fourth-order valence-corrected chi connectivity index (χ4v) is 4.05. The van der Waals surface area contributed by atoms with Gasteiger partial charge in [-0.1, -0.05) is 30.3 Å². The Balaban J connectivity index is 1.28. The Bertz CT molecular complexity index is 899. The maximum Gasteiger partial charge on any atom is 0.253 e. The van der Waals surface area contributed by atoms with Gasteiger partial charge in [-0.2, -0.15) is 0 Å². The van der Waals surface area contributed by atoms with E-state index in [1.165, 1.54) is 5.56 Å². The molecule has 0 saturated carbocycles. The summed E-state index contributed by atoms with van der Waals surface area (Å²) in [6.45, 7) is 1.41. The summed E-state index contributed by atoms with van der Waals surface area (Å²) in [6.07, 6.45) is 8.43. The lowest BCUT2D eigenvalue weighted by Gasteiger charge is -2.34. The second kappa shape index (κ2) is 9.05. The van der Waals surface area contributed by atoms with Crippen molar-refractivity contribution in [2.75, 3.05) is 13.1 Å². The molecule has 150 valence electrons. The van der Waals surface area contributed by atoms with E-state index >= 15 is 0 Å². The van der Waals surface area contributed by atoms with Crippen LogP contribution < -0.4 is 0 Å². The van der Waals surface area contributed by atoms with Gasteiger partial charge in [-0.25, -0.2) is 4.98 Å². The predicted molar refractivity (Wildman–Crippen MR) is 113 cm³/mol. The SMILES string of the molecule is O=C(c1ccc(-n2ccnc2)cc1)N1CCC([C@H](O)CCc2ccccc2)CC1. The van der Waals surface area contributed by atoms with E-state index in [-0.39, 0.29) is 17.9 Å². The first-order valence-corrected chi connectivity index (χ1v) is 10.3. The number of likely N-dealkylation sites (tertiary alicyclic amines) is 1. The zero-order valence-electron chi connectivity index (χ0n) is 16.5. The van der Waals surface area contributed by atoms with E-state index in [1.807, 2.05) is 58.1 Å². The highest BCUT2D eigenvalue weighted by molar-refractivity contribution is 5.94. The van der Waals surface area contributed by atoms with Crippen LogP contribution in [0.4, 0.5) is 0 Å². The minimum atomic E-state index is -0.304. The Hall–Kier alpha value is -2.92. The Morgan fingerprint density at radius 3 is 2.45 bits per heavy atom. The van der Waals surface area contributed by atoms with Gasteiger partial charge in [-0.3, -0.25) is 4.79 Å². The van der Waals surface area contributed by atoms with Crippen molar-refractivity contribution in [1.82, 2.24) is 14.5 Å². The summed E-state index contributed by atoms with van der Waals surface area (Å²) in [7, 11) is 0. The summed E-state index contributed by atoms with van der Waals surface area (Å²) in [5, 5.41) is 10.6. The summed E-state index contributed by atoms with van der Waals surface area (Å²) in [6, 6.07) is 17.9. The first-order chi connectivity index (χ1) is 14.2. The highest BCUT2D eigenvalue weighted by Gasteiger charge is 2.27. The van der Waals surface area contributed by atoms with Crippen LogP contribution >= 0.6 is 0 Å². The molecule has 4 rings (SSSR count). The molecule has 1 N–H and O–H groups in total. The van der Waals surface area contributed by atoms with Crippen molar-refractivity contribution in [3.8, 4) is 5.69 Å². The van der Waals surface area contributed by atoms with Gasteiger partial charge in [0.1, 0.15) is 0 Å². The van der Waals surface area contributed by atoms with Crippen molar-refractivity contribution in [3.05, 3.63) is 84.4 Å². The lowest BCUT2D eigenvalue weighted by molar-refractivity contribution is 0.0437. The van der Waals surface area contributed by atoms with Crippen molar-refractivity contribution < 1.29 is 9.90 Å². The number of aliphatic hydroxyl groups is 1. The van der Waals surface area contributed by atoms with Gasteiger partial charge in [0.25, 0.3) is 5.91 Å². The summed E-state index contributed by atoms with van der Waals surface area (Å²) < 4.78 is 1.91. The van der Waals surface area contributed by atoms with Crippen LogP contribution in [0.2, 0.25) is 0 Å². The van der Waals surface area contributed by atoms with Crippen molar-refractivity contribution in [1.29, 1.82) is 0 Å². The number of carbonyl (C=O) groups excluding carboxylic acids is 1. The van der Waals surface area contributed by atoms with Gasteiger partial charge in [0.15, 0.2) is 0 Å². The molecule has 1 aliphatic rings. The normalized spacial score (nSPS) is 16.0. The highest BCUT2D eigenvalue weighted by Crippen LogP contribution is 2.25. The molecule has 2 aromatic carbocycles. The van der Waals surface area contributed by atoms with Crippen LogP contribution in [0.5, 0.6) is 0 Å². The third-order valence-electron chi connectivity index (χ3n) is 5.86. The topological polar surface area (TPSA) is 58.4 Å². The molecule has 0 unspecified atom stereocenters. The maximum absolute atomic E-state index is 12.8. The molecule has 0 bridgehead atoms. The van der Waals surface area contributed by atoms with Gasteiger partial charge in [0, 0.05) is 36.7 Å². The van der Waals surface area contributed by atoms with Crippen LogP contribution in [0.15, 0.2) is 73.3 Å². The number of hydrogen-bond acceptors (Lipinski definition) is 3. The van der Waals surface area contributed by atoms with Gasteiger partial charge in [0.2, 0.25) is 0 Å². The smallest absolute Gasteiger partial charge is 0.253 e. The molecule has 5 nitrogen and oxygen atoms in total. The first-order valence-electron chi connectivity index (χ1n) is 10.3. The summed E-state index contributed by atoms with van der Waals surface area (Å²) >= 11 is 0. The van der Waals surface area contributed by atoms with E-state index in [9.17, 15) is 9.90 Å². The molecule has 1 aliphatic heterocycles. The average Bonchev–Trinajstić information content (AvgIpc) is 3.33. The number of amides is 1. The third kappa shape index (κ3) is 4.74. The Kier molecular flexibility index (Phi) is 6.06. The zero-order chi connectivity index (χ0) is 20.1. The van der Waals surface area contributed by atoms with E-state index < -0.39 is 0 Å². The molecular formula is C24H27N3O2. The van der Waals surface area contributed by atoms with E-state index in [0.29, 0.717) is 18.7 Å². The highest BCUT2D eigenvalue weighted by atomic mass is 16.3. The minimum Gasteiger partial charge on any atom is -0.393 e. The monoisotopic (exact) mass is 389 g/mol. The van der Waals surface area contributed by atoms with E-state index in [0.717, 1.165) is 31.4 Å². The first kappa shape index (κ1) is 19.4. The standard InChI is InChI=1S/C24H27N3O2/c28-23(11-6-19-4-2-1-3-5-19)20-12-15-26(16-13-20)24(29)21-7-9-22(10-8-21)27-17-14-25-18-27/h1-5,7-10,14,17-18,20,23,28H,6,11-13,15-16H2/t23-/m1/s1. The van der Waals surface area contributed by atoms with Gasteiger partial charge in [-0.05, 0) is 61.4 Å². The second-order valence-corrected chi connectivity index (χ2v) is 7.74. The van der Waals surface area contributed by atoms with Crippen molar-refractivity contribution >= 4 is 5.91 Å². The second-order valence-electron chi connectivity index (χ2n) is 7.74. The zero-order valence-corrected chi connectivity index (χ0v) is 16.5. The minimum absolute atomic E-state index is 0.0689. The molecule has 1 atom stereocenters. The number of carbonyl (C=O) groups is 1. The molecule has 2 heterocycles. The average molecular weight is 389 g/mol. The predicted octanol–water partition coefficient (Wildman–Crippen LogP) is 3.72. The Morgan fingerprint density at radius 1 is 1.07 bits per heavy atom. The number of hydrogen-bond donors (Lipinski definition) is 1. The van der Waals surface area contributed by atoms with E-state index in [1.54, 1.807) is 12.5 Å². The van der Waals surface area contributed by atoms with Crippen LogP contribution in [-0.2, 0) is 6.42 Å². The van der Waals surface area contributed by atoms with E-state index in [2.05, 4.69) is 17.1 Å². The number of rotatable bonds is 6. The largest absolute Gasteiger partial charge is 0.393 e. The van der Waals surface area contributed by atoms with Gasteiger partial charge in [-0.15, -0.1) is 0 Å². The van der Waals surface area contributed by atoms with Crippen molar-refractivity contribution in [2.24, 2.45) is 5.92 Å². The number of aryl methyl sites for hydroxylation is 1. The molecule has 1 amide bonds. The van der Waals surface area contributed by atoms with Crippen LogP contribution in [0.25, 0.3) is 5.69 Å². The molecule has 1 aromatic heterocycles. The summed E-state index contributed by atoms with van der Waals surface area (Å²) in [5.74, 6) is 0.339. The molecular weight excluding hydrogens is 362 g/mol. The number of aliphatic hydroxyl groups excluding tert-OH is 1. The van der Waals surface area contributed by atoms with Crippen LogP contribution in [0.3, 0.4) is 0 Å². The third-order valence-corrected chi connectivity index (χ3v) is 5.86. The van der Waals surface area contributed by atoms with E-state index in [4.69, 9.17) is 0 Å². The maximum atomic E-state index is 12.8. The molecule has 0 aliphatic carbocycles. The molecule has 29 heavy (non-hydrogen) atoms. The molecule has 1 saturated heterocycles. The Morgan fingerprint density at radius 2 is 1.79 bits per heavy atom. The number of piperidine rings is 1. The van der Waals surface area contributed by atoms with Gasteiger partial charge in [0.05, 0.1) is 12.4 Å². The molecule has 1 fully saturated rings. The molecule has 0 spiro atoms. The van der Waals surface area contributed by atoms with Gasteiger partial charge >= 0.3 is 0 Å². The molecule has 3 aromatic rings. The molecule has 0 radical (unpaired) electrons. The number of imidazole rings is 1. The van der Waals surface area contributed by atoms with Crippen LogP contribution in [0, 0.1) is 5.92 Å². The number of benzene rings is 2. The fraction of sp³-hybridized carbons (Fsp3) is 0.333. The summed E-state index contributed by atoms with van der Waals surface area (Å²) in [5.41, 5.74) is 2.95. The molecule has 5 heteroatoms. The fourth-order valence-electron chi connectivity index (χ4n) is 4.05. The van der Waals surface area contributed by atoms with Crippen LogP contribution in [-0.4, -0.2) is 44.7 Å². The van der Waals surface area contributed by atoms with Crippen LogP contribution in [0.1, 0.15) is 35.2 Å². The number of aromatic nitrogens is 2. The van der Waals surface area contributed by atoms with Crippen molar-refractivity contribution in [3.63, 3.8) is 0 Å². The number of nitrogens with zero attached hydrogens (tertiary/aromatic N) is 3. The lowest BCUT2D eigenvalue weighted by atomic mass is 9.88. The Labute approximate surface area is 171 Å². The van der Waals surface area contributed by atoms with Crippen molar-refractivity contribution in [2.45, 2.75) is 31.8 Å². The summed E-state index contributed by atoms with van der Waals surface area (Å²) in [4.78, 5) is 18.8. The lowest BCUT2D eigenvalue weighted by Crippen LogP contribution is -2.41. The quantitative estimate of drug-likeness (QED) is 0.699.